The Hall–Kier alpha value is -4.08. The second-order valence-corrected chi connectivity index (χ2v) is 9.62. The van der Waals surface area contributed by atoms with Gasteiger partial charge in [0.2, 0.25) is 5.91 Å². The van der Waals surface area contributed by atoms with Crippen molar-refractivity contribution in [2.24, 2.45) is 5.92 Å². The summed E-state index contributed by atoms with van der Waals surface area (Å²) in [6.07, 6.45) is 0.0146. The van der Waals surface area contributed by atoms with Crippen LogP contribution in [0.15, 0.2) is 52.1 Å². The van der Waals surface area contributed by atoms with Gasteiger partial charge < -0.3 is 20.1 Å². The number of anilines is 1. The predicted molar refractivity (Wildman–Crippen MR) is 131 cm³/mol. The van der Waals surface area contributed by atoms with Gasteiger partial charge in [-0.1, -0.05) is 18.2 Å². The fourth-order valence-corrected chi connectivity index (χ4v) is 4.06. The number of hydrogen-bond acceptors (Lipinski definition) is 6. The summed E-state index contributed by atoms with van der Waals surface area (Å²) in [5, 5.41) is 13.4. The molecule has 0 aliphatic carbocycles. The van der Waals surface area contributed by atoms with Crippen LogP contribution in [0, 0.1) is 5.92 Å². The number of phenolic OH excluding ortho intramolecular Hbond substituents is 1. The topological polar surface area (TPSA) is 134 Å². The molecule has 1 aliphatic heterocycles. The lowest BCUT2D eigenvalue weighted by molar-refractivity contribution is -0.119. The molecule has 0 bridgehead atoms. The van der Waals surface area contributed by atoms with E-state index in [2.05, 4.69) is 10.3 Å². The van der Waals surface area contributed by atoms with E-state index in [4.69, 9.17) is 4.74 Å². The summed E-state index contributed by atoms with van der Waals surface area (Å²) >= 11 is 0. The number of aromatic hydroxyl groups is 1. The maximum atomic E-state index is 12.9. The van der Waals surface area contributed by atoms with Crippen LogP contribution in [0.4, 0.5) is 10.5 Å². The third-order valence-corrected chi connectivity index (χ3v) is 5.78. The van der Waals surface area contributed by atoms with Crippen molar-refractivity contribution in [3.8, 4) is 5.75 Å². The molecule has 2 heterocycles. The van der Waals surface area contributed by atoms with Gasteiger partial charge in [-0.15, -0.1) is 0 Å². The van der Waals surface area contributed by atoms with Gasteiger partial charge in [0.15, 0.2) is 0 Å². The number of phenols is 1. The number of ether oxygens (including phenoxy) is 1. The molecule has 1 fully saturated rings. The number of aromatic nitrogens is 2. The molecule has 3 N–H and O–H groups in total. The van der Waals surface area contributed by atoms with Crippen molar-refractivity contribution < 1.29 is 19.4 Å². The third kappa shape index (κ3) is 5.37. The lowest BCUT2D eigenvalue weighted by atomic mass is 10.1. The average Bonchev–Trinajstić information content (AvgIpc) is 3.28. The number of likely N-dealkylation sites (tertiary alicyclic amines) is 1. The number of nitrogens with zero attached hydrogens (tertiary/aromatic N) is 2. The molecule has 10 heteroatoms. The summed E-state index contributed by atoms with van der Waals surface area (Å²) in [4.78, 5) is 53.5. The second kappa shape index (κ2) is 9.28. The zero-order chi connectivity index (χ0) is 25.3. The van der Waals surface area contributed by atoms with Gasteiger partial charge in [0, 0.05) is 13.1 Å². The Bertz CT molecular complexity index is 1400. The normalized spacial score (nSPS) is 15.9. The quantitative estimate of drug-likeness (QED) is 0.492. The molecular formula is C25H28N4O6. The van der Waals surface area contributed by atoms with Gasteiger partial charge in [0.25, 0.3) is 5.56 Å². The Morgan fingerprint density at radius 3 is 2.66 bits per heavy atom. The summed E-state index contributed by atoms with van der Waals surface area (Å²) < 4.78 is 6.79. The second-order valence-electron chi connectivity index (χ2n) is 9.62. The van der Waals surface area contributed by atoms with Gasteiger partial charge in [-0.3, -0.25) is 19.1 Å². The van der Waals surface area contributed by atoms with Crippen molar-refractivity contribution in [2.75, 3.05) is 18.4 Å². The van der Waals surface area contributed by atoms with E-state index in [0.29, 0.717) is 29.4 Å². The van der Waals surface area contributed by atoms with Crippen molar-refractivity contribution in [2.45, 2.75) is 39.3 Å². The van der Waals surface area contributed by atoms with Crippen molar-refractivity contribution in [1.29, 1.82) is 0 Å². The van der Waals surface area contributed by atoms with Crippen LogP contribution < -0.4 is 16.6 Å². The molecule has 1 aromatic heterocycles. The molecule has 184 valence electrons. The molecule has 1 saturated heterocycles. The number of H-pyrrole nitrogens is 1. The molecule has 2 aromatic carbocycles. The molecular weight excluding hydrogens is 452 g/mol. The fourth-order valence-electron chi connectivity index (χ4n) is 4.06. The van der Waals surface area contributed by atoms with Gasteiger partial charge >= 0.3 is 11.8 Å². The van der Waals surface area contributed by atoms with E-state index in [1.165, 1.54) is 15.5 Å². The van der Waals surface area contributed by atoms with Crippen molar-refractivity contribution in [3.05, 3.63) is 68.9 Å². The molecule has 2 amide bonds. The molecule has 1 aliphatic rings. The van der Waals surface area contributed by atoms with Crippen LogP contribution in [0.5, 0.6) is 5.75 Å². The Morgan fingerprint density at radius 2 is 1.91 bits per heavy atom. The van der Waals surface area contributed by atoms with E-state index >= 15 is 0 Å². The number of rotatable bonds is 4. The molecule has 1 atom stereocenters. The number of carbonyl (C=O) groups is 2. The molecule has 0 unspecified atom stereocenters. The summed E-state index contributed by atoms with van der Waals surface area (Å²) in [5.41, 5.74) is -0.321. The molecule has 0 spiro atoms. The summed E-state index contributed by atoms with van der Waals surface area (Å²) in [6, 6.07) is 11.4. The standard InChI is InChI=1S/C25H28N4O6/c1-25(2,3)35-24(34)28-11-10-16(14-28)21(31)26-18-12-15(8-9-20(18)30)13-29-19-7-5-4-6-17(19)22(32)27-23(29)33/h4-9,12,16,30H,10-11,13-14H2,1-3H3,(H,26,31)(H,27,32,33)/t16-/m0/s1. The first kappa shape index (κ1) is 24.1. The molecule has 0 radical (unpaired) electrons. The minimum absolute atomic E-state index is 0.120. The van der Waals surface area contributed by atoms with E-state index < -0.39 is 28.9 Å². The van der Waals surface area contributed by atoms with Gasteiger partial charge in [0.1, 0.15) is 11.4 Å². The van der Waals surface area contributed by atoms with Crippen LogP contribution in [0.1, 0.15) is 32.8 Å². The van der Waals surface area contributed by atoms with E-state index in [1.807, 2.05) is 0 Å². The number of benzene rings is 2. The number of nitrogens with one attached hydrogen (secondary N) is 2. The Labute approximate surface area is 201 Å². The Kier molecular flexibility index (Phi) is 6.38. The number of amides is 2. The van der Waals surface area contributed by atoms with Gasteiger partial charge in [0.05, 0.1) is 29.1 Å². The van der Waals surface area contributed by atoms with Crippen LogP contribution in [0.25, 0.3) is 10.9 Å². The maximum absolute atomic E-state index is 12.9. The zero-order valence-electron chi connectivity index (χ0n) is 19.8. The number of hydrogen-bond donors (Lipinski definition) is 3. The minimum Gasteiger partial charge on any atom is -0.506 e. The van der Waals surface area contributed by atoms with Gasteiger partial charge in [-0.25, -0.2) is 9.59 Å². The highest BCUT2D eigenvalue weighted by Gasteiger charge is 2.33. The van der Waals surface area contributed by atoms with E-state index in [-0.39, 0.29) is 30.4 Å². The highest BCUT2D eigenvalue weighted by molar-refractivity contribution is 5.94. The molecule has 35 heavy (non-hydrogen) atoms. The average molecular weight is 481 g/mol. The van der Waals surface area contributed by atoms with Crippen molar-refractivity contribution in [1.82, 2.24) is 14.5 Å². The van der Waals surface area contributed by atoms with Crippen LogP contribution in [0.2, 0.25) is 0 Å². The summed E-state index contributed by atoms with van der Waals surface area (Å²) in [6.45, 7) is 6.09. The van der Waals surface area contributed by atoms with Crippen molar-refractivity contribution in [3.63, 3.8) is 0 Å². The predicted octanol–water partition coefficient (Wildman–Crippen LogP) is 2.64. The minimum atomic E-state index is -0.622. The lowest BCUT2D eigenvalue weighted by Gasteiger charge is -2.24. The van der Waals surface area contributed by atoms with Crippen LogP contribution in [0.3, 0.4) is 0 Å². The number of aromatic amines is 1. The third-order valence-electron chi connectivity index (χ3n) is 5.78. The largest absolute Gasteiger partial charge is 0.506 e. The number of carbonyl (C=O) groups excluding carboxylic acids is 2. The van der Waals surface area contributed by atoms with E-state index in [9.17, 15) is 24.3 Å². The van der Waals surface area contributed by atoms with E-state index in [1.54, 1.807) is 57.2 Å². The first-order chi connectivity index (χ1) is 16.5. The monoisotopic (exact) mass is 480 g/mol. The van der Waals surface area contributed by atoms with E-state index in [0.717, 1.165) is 0 Å². The molecule has 3 aromatic rings. The highest BCUT2D eigenvalue weighted by Crippen LogP contribution is 2.27. The fraction of sp³-hybridized carbons (Fsp3) is 0.360. The lowest BCUT2D eigenvalue weighted by Crippen LogP contribution is -2.36. The zero-order valence-corrected chi connectivity index (χ0v) is 19.8. The number of para-hydroxylation sites is 1. The Morgan fingerprint density at radius 1 is 1.17 bits per heavy atom. The van der Waals surface area contributed by atoms with Gasteiger partial charge in [-0.05, 0) is 57.0 Å². The van der Waals surface area contributed by atoms with Crippen LogP contribution in [-0.4, -0.2) is 50.2 Å². The first-order valence-electron chi connectivity index (χ1n) is 11.3. The van der Waals surface area contributed by atoms with Crippen LogP contribution >= 0.6 is 0 Å². The number of fused-ring (bicyclic) bond motifs is 1. The van der Waals surface area contributed by atoms with Crippen molar-refractivity contribution >= 4 is 28.6 Å². The van der Waals surface area contributed by atoms with Gasteiger partial charge in [-0.2, -0.15) is 0 Å². The Balaban J connectivity index is 1.50. The molecule has 10 nitrogen and oxygen atoms in total. The maximum Gasteiger partial charge on any atom is 0.410 e. The highest BCUT2D eigenvalue weighted by atomic mass is 16.6. The molecule has 0 saturated carbocycles. The first-order valence-corrected chi connectivity index (χ1v) is 11.3. The molecule has 4 rings (SSSR count). The SMILES string of the molecule is CC(C)(C)OC(=O)N1CC[C@H](C(=O)Nc2cc(Cn3c(=O)[nH]c(=O)c4ccccc43)ccc2O)C1. The van der Waals surface area contributed by atoms with Crippen LogP contribution in [-0.2, 0) is 16.1 Å². The smallest absolute Gasteiger partial charge is 0.410 e. The summed E-state index contributed by atoms with van der Waals surface area (Å²) in [5.74, 6) is -0.894. The summed E-state index contributed by atoms with van der Waals surface area (Å²) in [7, 11) is 0.